The number of halogens is 3. The van der Waals surface area contributed by atoms with E-state index < -0.39 is 29.9 Å². The maximum Gasteiger partial charge on any atom is 0.243 e. The third-order valence-corrected chi connectivity index (χ3v) is 5.58. The van der Waals surface area contributed by atoms with Gasteiger partial charge in [0.05, 0.1) is 24.0 Å². The average molecular weight is 524 g/mol. The number of guanidine groups is 1. The molecular formula is C21H33Cl3N6O3. The van der Waals surface area contributed by atoms with E-state index in [0.717, 1.165) is 12.0 Å². The molecule has 0 radical (unpaired) electrons. The summed E-state index contributed by atoms with van der Waals surface area (Å²) in [5.41, 5.74) is 17.6. The summed E-state index contributed by atoms with van der Waals surface area (Å²) in [4.78, 5) is 43.5. The Morgan fingerprint density at radius 2 is 1.85 bits per heavy atom. The molecule has 2 amide bonds. The molecule has 0 saturated carbocycles. The molecule has 1 aliphatic rings. The molecule has 0 bridgehead atoms. The molecule has 1 heterocycles. The second-order valence-corrected chi connectivity index (χ2v) is 7.88. The number of rotatable bonds is 11. The van der Waals surface area contributed by atoms with Crippen molar-refractivity contribution in [2.45, 2.75) is 50.2 Å². The lowest BCUT2D eigenvalue weighted by molar-refractivity contribution is -0.135. The number of amides is 2. The van der Waals surface area contributed by atoms with Crippen LogP contribution in [-0.4, -0.2) is 65.6 Å². The summed E-state index contributed by atoms with van der Waals surface area (Å²) in [6.07, 6.45) is 2.65. The number of nitrogens with one attached hydrogen (secondary N) is 1. The lowest BCUT2D eigenvalue weighted by Crippen LogP contribution is -2.54. The molecular weight excluding hydrogens is 491 g/mol. The fourth-order valence-corrected chi connectivity index (χ4v) is 3.97. The molecule has 1 saturated heterocycles. The number of carbonyl (C=O) groups excluding carboxylic acids is 3. The molecule has 1 aliphatic heterocycles. The molecule has 0 aromatic heterocycles. The first-order valence-corrected chi connectivity index (χ1v) is 10.9. The molecule has 12 heteroatoms. The number of benzene rings is 1. The smallest absolute Gasteiger partial charge is 0.243 e. The maximum atomic E-state index is 12.8. The number of ketones is 1. The minimum Gasteiger partial charge on any atom is -0.370 e. The van der Waals surface area contributed by atoms with Gasteiger partial charge in [0.15, 0.2) is 11.7 Å². The zero-order valence-electron chi connectivity index (χ0n) is 18.3. The number of aliphatic imine (C=N–C) groups is 1. The highest BCUT2D eigenvalue weighted by Crippen LogP contribution is 2.24. The summed E-state index contributed by atoms with van der Waals surface area (Å²) in [5, 5.41) is 2.42. The number of nitrogens with zero attached hydrogens (tertiary/aromatic N) is 2. The number of hydrogen-bond donors (Lipinski definition) is 4. The molecule has 33 heavy (non-hydrogen) atoms. The Labute approximate surface area is 211 Å². The third kappa shape index (κ3) is 9.85. The van der Waals surface area contributed by atoms with Crippen molar-refractivity contribution >= 4 is 60.0 Å². The number of imide groups is 1. The Kier molecular flexibility index (Phi) is 14.9. The van der Waals surface area contributed by atoms with Crippen molar-refractivity contribution in [3.63, 3.8) is 0 Å². The molecule has 3 atom stereocenters. The van der Waals surface area contributed by atoms with Gasteiger partial charge in [-0.05, 0) is 44.2 Å². The summed E-state index contributed by atoms with van der Waals surface area (Å²) in [6.45, 7) is 0.948. The highest BCUT2D eigenvalue weighted by molar-refractivity contribution is 6.28. The second kappa shape index (κ2) is 15.8. The monoisotopic (exact) mass is 522 g/mol. The molecule has 0 spiro atoms. The number of likely N-dealkylation sites (tertiary alicyclic amines) is 1. The minimum atomic E-state index is -0.846. The summed E-state index contributed by atoms with van der Waals surface area (Å²) >= 11 is 5.80. The van der Waals surface area contributed by atoms with E-state index in [4.69, 9.17) is 28.8 Å². The average Bonchev–Trinajstić information content (AvgIpc) is 3.23. The zero-order chi connectivity index (χ0) is 22.8. The van der Waals surface area contributed by atoms with Crippen LogP contribution in [0.1, 0.15) is 31.2 Å². The summed E-state index contributed by atoms with van der Waals surface area (Å²) in [7, 11) is 0. The summed E-state index contributed by atoms with van der Waals surface area (Å²) in [5.74, 6) is -1.31. The van der Waals surface area contributed by atoms with Gasteiger partial charge in [0.25, 0.3) is 0 Å². The Morgan fingerprint density at radius 1 is 1.18 bits per heavy atom. The van der Waals surface area contributed by atoms with Crippen molar-refractivity contribution in [1.82, 2.24) is 10.2 Å². The van der Waals surface area contributed by atoms with Gasteiger partial charge < -0.3 is 17.2 Å². The van der Waals surface area contributed by atoms with Crippen LogP contribution in [-0.2, 0) is 20.8 Å². The summed E-state index contributed by atoms with van der Waals surface area (Å²) < 4.78 is 0. The van der Waals surface area contributed by atoms with Crippen molar-refractivity contribution < 1.29 is 14.4 Å². The van der Waals surface area contributed by atoms with Crippen molar-refractivity contribution in [2.75, 3.05) is 19.0 Å². The minimum absolute atomic E-state index is 0. The first-order valence-electron chi connectivity index (χ1n) is 10.4. The van der Waals surface area contributed by atoms with Gasteiger partial charge >= 0.3 is 0 Å². The molecule has 1 fully saturated rings. The zero-order valence-corrected chi connectivity index (χ0v) is 20.7. The molecule has 186 valence electrons. The van der Waals surface area contributed by atoms with E-state index in [1.54, 1.807) is 0 Å². The first-order chi connectivity index (χ1) is 14.8. The van der Waals surface area contributed by atoms with Gasteiger partial charge in [-0.15, -0.1) is 36.4 Å². The van der Waals surface area contributed by atoms with E-state index in [1.165, 1.54) is 0 Å². The quantitative estimate of drug-likeness (QED) is 0.144. The number of hydrogen-bond acceptors (Lipinski definition) is 6. The van der Waals surface area contributed by atoms with E-state index in [1.807, 2.05) is 35.2 Å². The van der Waals surface area contributed by atoms with Crippen LogP contribution in [0.2, 0.25) is 0 Å². The molecule has 2 rings (SSSR count). The van der Waals surface area contributed by atoms with E-state index in [9.17, 15) is 14.4 Å². The Bertz CT molecular complexity index is 793. The predicted octanol–water partition coefficient (Wildman–Crippen LogP) is 0.737. The molecule has 1 aromatic rings. The number of alkyl halides is 1. The lowest BCUT2D eigenvalue weighted by atomic mass is 10.0. The largest absolute Gasteiger partial charge is 0.370 e. The van der Waals surface area contributed by atoms with Crippen LogP contribution < -0.4 is 22.5 Å². The van der Waals surface area contributed by atoms with Crippen molar-refractivity contribution in [2.24, 2.45) is 22.2 Å². The third-order valence-electron chi connectivity index (χ3n) is 5.31. The number of nitrogens with two attached hydrogens (primary N) is 3. The van der Waals surface area contributed by atoms with Crippen LogP contribution in [0.25, 0.3) is 0 Å². The Hall–Kier alpha value is -1.91. The van der Waals surface area contributed by atoms with Crippen LogP contribution >= 0.6 is 36.4 Å². The predicted molar refractivity (Wildman–Crippen MR) is 135 cm³/mol. The van der Waals surface area contributed by atoms with E-state index in [-0.39, 0.29) is 42.4 Å². The topological polar surface area (TPSA) is 157 Å². The molecule has 2 unspecified atom stereocenters. The molecule has 7 N–H and O–H groups in total. The van der Waals surface area contributed by atoms with E-state index >= 15 is 0 Å². The standard InChI is InChI=1S/C21H31ClN6O3.2ClH/c22-13-18(29)16(8-4-10-26-21(24)25)28-11-5-9-17(28)20(31)27-19(30)15(23)12-14-6-2-1-3-7-14;;/h1-3,6-7,15-17H,4-5,8-13,23H2,(H4,24,25,26)(H,27,30,31);2*1H/t15?,16-,17?;;/m0../s1. The van der Waals surface area contributed by atoms with Crippen LogP contribution in [0.4, 0.5) is 0 Å². The fraction of sp³-hybridized carbons (Fsp3) is 0.524. The lowest BCUT2D eigenvalue weighted by Gasteiger charge is -2.31. The van der Waals surface area contributed by atoms with Crippen LogP contribution in [0, 0.1) is 0 Å². The van der Waals surface area contributed by atoms with E-state index in [2.05, 4.69) is 10.3 Å². The summed E-state index contributed by atoms with van der Waals surface area (Å²) in [6, 6.07) is 7.39. The normalized spacial score (nSPS) is 17.1. The fourth-order valence-electron chi connectivity index (χ4n) is 3.80. The SMILES string of the molecule is Cl.Cl.NC(N)=NCCC[C@@H](C(=O)CCl)N1CCCC1C(=O)NC(=O)C(N)Cc1ccccc1. The highest BCUT2D eigenvalue weighted by Gasteiger charge is 2.38. The van der Waals surface area contributed by atoms with Crippen molar-refractivity contribution in [1.29, 1.82) is 0 Å². The second-order valence-electron chi connectivity index (χ2n) is 7.61. The molecule has 9 nitrogen and oxygen atoms in total. The number of Topliss-reactive ketones (excluding diaryl/α,β-unsaturated/α-hetero) is 1. The molecule has 0 aliphatic carbocycles. The highest BCUT2D eigenvalue weighted by atomic mass is 35.5. The van der Waals surface area contributed by atoms with Gasteiger partial charge in [0, 0.05) is 6.54 Å². The van der Waals surface area contributed by atoms with Crippen molar-refractivity contribution in [3.8, 4) is 0 Å². The Balaban J connectivity index is 0.00000512. The van der Waals surface area contributed by atoms with Crippen LogP contribution in [0.3, 0.4) is 0 Å². The van der Waals surface area contributed by atoms with Gasteiger partial charge in [-0.1, -0.05) is 30.3 Å². The van der Waals surface area contributed by atoms with Crippen LogP contribution in [0.5, 0.6) is 0 Å². The molecule has 1 aromatic carbocycles. The first kappa shape index (κ1) is 31.1. The number of carbonyl (C=O) groups is 3. The van der Waals surface area contributed by atoms with Gasteiger partial charge in [0.1, 0.15) is 0 Å². The van der Waals surface area contributed by atoms with Crippen LogP contribution in [0.15, 0.2) is 35.3 Å². The van der Waals surface area contributed by atoms with Gasteiger partial charge in [-0.25, -0.2) is 0 Å². The maximum absolute atomic E-state index is 12.8. The van der Waals surface area contributed by atoms with Crippen molar-refractivity contribution in [3.05, 3.63) is 35.9 Å². The van der Waals surface area contributed by atoms with E-state index in [0.29, 0.717) is 38.8 Å². The van der Waals surface area contributed by atoms with Gasteiger partial charge in [-0.2, -0.15) is 0 Å². The van der Waals surface area contributed by atoms with Gasteiger partial charge in [0.2, 0.25) is 11.8 Å². The van der Waals surface area contributed by atoms with Gasteiger partial charge in [-0.3, -0.25) is 29.6 Å². The Morgan fingerprint density at radius 3 is 2.45 bits per heavy atom.